The highest BCUT2D eigenvalue weighted by Gasteiger charge is 2.31. The maximum absolute atomic E-state index is 13.4. The van der Waals surface area contributed by atoms with Gasteiger partial charge in [0.2, 0.25) is 5.91 Å². The Hall–Kier alpha value is -3.34. The topological polar surface area (TPSA) is 96.5 Å². The third kappa shape index (κ3) is 5.72. The average Bonchev–Trinajstić information content (AvgIpc) is 2.83. The maximum Gasteiger partial charge on any atom is 0.409 e. The molecule has 1 aliphatic heterocycles. The minimum absolute atomic E-state index is 0.139. The van der Waals surface area contributed by atoms with Crippen LogP contribution in [0.2, 0.25) is 0 Å². The minimum atomic E-state index is -4.16. The molecule has 1 heterocycles. The maximum atomic E-state index is 13.4. The van der Waals surface area contributed by atoms with Crippen molar-refractivity contribution in [1.29, 1.82) is 0 Å². The van der Waals surface area contributed by atoms with Crippen molar-refractivity contribution in [1.82, 2.24) is 9.80 Å². The van der Waals surface area contributed by atoms with Crippen LogP contribution in [0.15, 0.2) is 53.4 Å². The molecule has 0 saturated carbocycles. The number of halogens is 1. The zero-order valence-corrected chi connectivity index (χ0v) is 19.3. The Morgan fingerprint density at radius 1 is 0.970 bits per heavy atom. The van der Waals surface area contributed by atoms with E-state index in [2.05, 4.69) is 0 Å². The molecule has 1 saturated heterocycles. The number of methoxy groups -OCH3 is 1. The number of ether oxygens (including phenoxy) is 2. The number of hydrogen-bond acceptors (Lipinski definition) is 6. The summed E-state index contributed by atoms with van der Waals surface area (Å²) in [4.78, 5) is 27.8. The molecule has 1 aliphatic rings. The molecular weight excluding hydrogens is 453 g/mol. The Kier molecular flexibility index (Phi) is 7.75. The number of rotatable bonds is 7. The van der Waals surface area contributed by atoms with E-state index in [9.17, 15) is 22.4 Å². The van der Waals surface area contributed by atoms with Crippen molar-refractivity contribution < 1.29 is 31.9 Å². The first-order valence-electron chi connectivity index (χ1n) is 10.4. The van der Waals surface area contributed by atoms with Crippen LogP contribution in [0.5, 0.6) is 5.75 Å². The first kappa shape index (κ1) is 24.3. The van der Waals surface area contributed by atoms with Gasteiger partial charge in [0.1, 0.15) is 18.1 Å². The highest BCUT2D eigenvalue weighted by molar-refractivity contribution is 7.92. The van der Waals surface area contributed by atoms with Crippen LogP contribution >= 0.6 is 0 Å². The fourth-order valence-corrected chi connectivity index (χ4v) is 4.79. The van der Waals surface area contributed by atoms with Crippen molar-refractivity contribution in [2.24, 2.45) is 0 Å². The van der Waals surface area contributed by atoms with Gasteiger partial charge >= 0.3 is 6.09 Å². The number of nitrogens with zero attached hydrogens (tertiary/aromatic N) is 3. The standard InChI is InChI=1S/C22H26FN3O6S/c1-3-32-22(28)25-14-12-24(13-15-25)21(27)16-26(18-6-8-19(31-2)9-7-18)33(29,30)20-10-4-17(23)5-11-20/h4-11H,3,12-16H2,1-2H3. The molecule has 33 heavy (non-hydrogen) atoms. The summed E-state index contributed by atoms with van der Waals surface area (Å²) in [5, 5.41) is 0. The molecule has 0 spiro atoms. The highest BCUT2D eigenvalue weighted by Crippen LogP contribution is 2.26. The molecule has 0 unspecified atom stereocenters. The SMILES string of the molecule is CCOC(=O)N1CCN(C(=O)CN(c2ccc(OC)cc2)S(=O)(=O)c2ccc(F)cc2)CC1. The van der Waals surface area contributed by atoms with Crippen LogP contribution in [0, 0.1) is 5.82 Å². The van der Waals surface area contributed by atoms with Gasteiger partial charge in [0, 0.05) is 26.2 Å². The third-order valence-corrected chi connectivity index (χ3v) is 6.99. The van der Waals surface area contributed by atoms with Crippen LogP contribution in [0.1, 0.15) is 6.92 Å². The van der Waals surface area contributed by atoms with Crippen LogP contribution < -0.4 is 9.04 Å². The highest BCUT2D eigenvalue weighted by atomic mass is 32.2. The molecule has 0 aliphatic carbocycles. The molecule has 1 fully saturated rings. The molecule has 0 aromatic heterocycles. The normalized spacial score (nSPS) is 14.0. The lowest BCUT2D eigenvalue weighted by molar-refractivity contribution is -0.131. The molecule has 2 aromatic rings. The third-order valence-electron chi connectivity index (χ3n) is 5.20. The number of sulfonamides is 1. The van der Waals surface area contributed by atoms with E-state index in [4.69, 9.17) is 9.47 Å². The first-order chi connectivity index (χ1) is 15.8. The molecule has 0 atom stereocenters. The summed E-state index contributed by atoms with van der Waals surface area (Å²) in [6.45, 7) is 2.61. The minimum Gasteiger partial charge on any atom is -0.497 e. The van der Waals surface area contributed by atoms with E-state index in [0.29, 0.717) is 5.75 Å². The number of anilines is 1. The van der Waals surface area contributed by atoms with Gasteiger partial charge in [-0.2, -0.15) is 0 Å². The van der Waals surface area contributed by atoms with Crippen LogP contribution in [-0.2, 0) is 19.6 Å². The number of carbonyl (C=O) groups excluding carboxylic acids is 2. The fourth-order valence-electron chi connectivity index (χ4n) is 3.37. The van der Waals surface area contributed by atoms with Gasteiger partial charge in [0.15, 0.2) is 0 Å². The molecule has 178 valence electrons. The fraction of sp³-hybridized carbons (Fsp3) is 0.364. The zero-order valence-electron chi connectivity index (χ0n) is 18.4. The summed E-state index contributed by atoms with van der Waals surface area (Å²) in [6, 6.07) is 10.7. The van der Waals surface area contributed by atoms with Crippen molar-refractivity contribution in [3.05, 3.63) is 54.3 Å². The van der Waals surface area contributed by atoms with Gasteiger partial charge in [-0.05, 0) is 55.5 Å². The van der Waals surface area contributed by atoms with E-state index in [0.717, 1.165) is 28.6 Å². The summed E-state index contributed by atoms with van der Waals surface area (Å²) in [6.07, 6.45) is -0.441. The molecule has 9 nitrogen and oxygen atoms in total. The molecule has 2 aromatic carbocycles. The average molecular weight is 480 g/mol. The zero-order chi connectivity index (χ0) is 24.0. The number of hydrogen-bond donors (Lipinski definition) is 0. The van der Waals surface area contributed by atoms with E-state index >= 15 is 0 Å². The lowest BCUT2D eigenvalue weighted by Crippen LogP contribution is -2.53. The number of carbonyl (C=O) groups is 2. The molecule has 0 N–H and O–H groups in total. The molecule has 11 heteroatoms. The Labute approximate surface area is 192 Å². The van der Waals surface area contributed by atoms with Crippen LogP contribution in [-0.4, -0.2) is 76.7 Å². The largest absolute Gasteiger partial charge is 0.497 e. The predicted molar refractivity (Wildman–Crippen MR) is 119 cm³/mol. The van der Waals surface area contributed by atoms with E-state index in [1.54, 1.807) is 19.1 Å². The van der Waals surface area contributed by atoms with E-state index in [1.807, 2.05) is 0 Å². The van der Waals surface area contributed by atoms with E-state index in [-0.39, 0.29) is 43.4 Å². The second kappa shape index (κ2) is 10.5. The van der Waals surface area contributed by atoms with Crippen LogP contribution in [0.4, 0.5) is 14.9 Å². The number of benzene rings is 2. The lowest BCUT2D eigenvalue weighted by atomic mass is 10.3. The smallest absolute Gasteiger partial charge is 0.409 e. The summed E-state index contributed by atoms with van der Waals surface area (Å²) in [7, 11) is -2.67. The van der Waals surface area contributed by atoms with Crippen molar-refractivity contribution in [2.45, 2.75) is 11.8 Å². The second-order valence-corrected chi connectivity index (χ2v) is 9.09. The summed E-state index contributed by atoms with van der Waals surface area (Å²) >= 11 is 0. The van der Waals surface area contributed by atoms with Gasteiger partial charge in [-0.3, -0.25) is 9.10 Å². The summed E-state index contributed by atoms with van der Waals surface area (Å²) in [5.74, 6) is -0.459. The summed E-state index contributed by atoms with van der Waals surface area (Å²) in [5.41, 5.74) is 0.263. The molecule has 3 rings (SSSR count). The Morgan fingerprint density at radius 3 is 2.09 bits per heavy atom. The van der Waals surface area contributed by atoms with Crippen LogP contribution in [0.25, 0.3) is 0 Å². The number of piperazine rings is 1. The quantitative estimate of drug-likeness (QED) is 0.605. The Balaban J connectivity index is 1.82. The molecular formula is C22H26FN3O6S. The van der Waals surface area contributed by atoms with Gasteiger partial charge in [-0.15, -0.1) is 0 Å². The number of amides is 2. The molecule has 0 radical (unpaired) electrons. The Bertz CT molecular complexity index is 1070. The Morgan fingerprint density at radius 2 is 1.55 bits per heavy atom. The predicted octanol–water partition coefficient (Wildman–Crippen LogP) is 2.33. The molecule has 2 amide bonds. The van der Waals surface area contributed by atoms with Gasteiger partial charge in [-0.1, -0.05) is 0 Å². The molecule has 0 bridgehead atoms. The summed E-state index contributed by atoms with van der Waals surface area (Å²) < 4.78 is 51.2. The van der Waals surface area contributed by atoms with Crippen molar-refractivity contribution in [2.75, 3.05) is 50.7 Å². The first-order valence-corrected chi connectivity index (χ1v) is 11.8. The van der Waals surface area contributed by atoms with Crippen molar-refractivity contribution >= 4 is 27.7 Å². The van der Waals surface area contributed by atoms with Crippen molar-refractivity contribution in [3.63, 3.8) is 0 Å². The van der Waals surface area contributed by atoms with E-state index < -0.39 is 34.4 Å². The van der Waals surface area contributed by atoms with E-state index in [1.165, 1.54) is 29.0 Å². The van der Waals surface area contributed by atoms with Gasteiger partial charge in [-0.25, -0.2) is 17.6 Å². The second-order valence-electron chi connectivity index (χ2n) is 7.23. The lowest BCUT2D eigenvalue weighted by Gasteiger charge is -2.35. The van der Waals surface area contributed by atoms with Crippen LogP contribution in [0.3, 0.4) is 0 Å². The van der Waals surface area contributed by atoms with Gasteiger partial charge in [0.25, 0.3) is 10.0 Å². The van der Waals surface area contributed by atoms with Crippen molar-refractivity contribution in [3.8, 4) is 5.75 Å². The monoisotopic (exact) mass is 479 g/mol. The van der Waals surface area contributed by atoms with Gasteiger partial charge < -0.3 is 19.3 Å². The van der Waals surface area contributed by atoms with Gasteiger partial charge in [0.05, 0.1) is 24.3 Å².